The van der Waals surface area contributed by atoms with Gasteiger partial charge in [0.2, 0.25) is 0 Å². The first-order chi connectivity index (χ1) is 12.2. The zero-order valence-electron chi connectivity index (χ0n) is 13.6. The molecule has 128 valence electrons. The number of pyridine rings is 1. The number of anilines is 1. The SMILES string of the molecule is N#Cc1cccnc1N1CCN(C(=O)COc2ccccc2O)CC1. The Balaban J connectivity index is 1.54. The minimum Gasteiger partial charge on any atom is -0.504 e. The number of ether oxygens (including phenoxy) is 1. The van der Waals surface area contributed by atoms with Gasteiger partial charge in [0.15, 0.2) is 18.1 Å². The van der Waals surface area contributed by atoms with Gasteiger partial charge < -0.3 is 19.6 Å². The maximum Gasteiger partial charge on any atom is 0.260 e. The van der Waals surface area contributed by atoms with Gasteiger partial charge in [0.05, 0.1) is 5.56 Å². The van der Waals surface area contributed by atoms with Gasteiger partial charge in [0.25, 0.3) is 5.91 Å². The van der Waals surface area contributed by atoms with Crippen LogP contribution in [-0.2, 0) is 4.79 Å². The van der Waals surface area contributed by atoms with Crippen LogP contribution in [0, 0.1) is 11.3 Å². The second-order valence-electron chi connectivity index (χ2n) is 5.61. The largest absolute Gasteiger partial charge is 0.504 e. The second-order valence-corrected chi connectivity index (χ2v) is 5.61. The fourth-order valence-corrected chi connectivity index (χ4v) is 2.71. The van der Waals surface area contributed by atoms with Crippen LogP contribution in [0.4, 0.5) is 5.82 Å². The third-order valence-electron chi connectivity index (χ3n) is 4.06. The Morgan fingerprint density at radius 3 is 2.68 bits per heavy atom. The molecular formula is C18H18N4O3. The highest BCUT2D eigenvalue weighted by molar-refractivity contribution is 5.78. The fourth-order valence-electron chi connectivity index (χ4n) is 2.71. The summed E-state index contributed by atoms with van der Waals surface area (Å²) in [6.45, 7) is 2.15. The number of phenols is 1. The van der Waals surface area contributed by atoms with E-state index in [9.17, 15) is 15.2 Å². The molecule has 1 saturated heterocycles. The van der Waals surface area contributed by atoms with E-state index in [1.165, 1.54) is 6.07 Å². The Bertz CT molecular complexity index is 795. The van der Waals surface area contributed by atoms with Crippen molar-refractivity contribution in [2.45, 2.75) is 0 Å². The molecule has 1 aromatic heterocycles. The van der Waals surface area contributed by atoms with Crippen molar-refractivity contribution < 1.29 is 14.6 Å². The maximum absolute atomic E-state index is 12.3. The predicted molar refractivity (Wildman–Crippen MR) is 91.3 cm³/mol. The normalized spacial score (nSPS) is 14.0. The molecule has 0 bridgehead atoms. The predicted octanol–water partition coefficient (Wildman–Crippen LogP) is 1.39. The lowest BCUT2D eigenvalue weighted by molar-refractivity contribution is -0.133. The van der Waals surface area contributed by atoms with Crippen molar-refractivity contribution in [2.75, 3.05) is 37.7 Å². The number of amides is 1. The summed E-state index contributed by atoms with van der Waals surface area (Å²) in [6, 6.07) is 12.2. The van der Waals surface area contributed by atoms with Crippen molar-refractivity contribution >= 4 is 11.7 Å². The number of para-hydroxylation sites is 2. The van der Waals surface area contributed by atoms with Crippen LogP contribution in [-0.4, -0.2) is 53.7 Å². The van der Waals surface area contributed by atoms with Crippen molar-refractivity contribution in [3.8, 4) is 17.6 Å². The van der Waals surface area contributed by atoms with E-state index in [0.717, 1.165) is 0 Å². The molecule has 0 unspecified atom stereocenters. The molecule has 0 aliphatic carbocycles. The van der Waals surface area contributed by atoms with Gasteiger partial charge in [-0.1, -0.05) is 12.1 Å². The number of carbonyl (C=O) groups is 1. The average molecular weight is 338 g/mol. The molecule has 1 aliphatic heterocycles. The highest BCUT2D eigenvalue weighted by Crippen LogP contribution is 2.24. The number of aromatic hydroxyl groups is 1. The number of nitrogens with zero attached hydrogens (tertiary/aromatic N) is 4. The summed E-state index contributed by atoms with van der Waals surface area (Å²) >= 11 is 0. The summed E-state index contributed by atoms with van der Waals surface area (Å²) in [5, 5.41) is 18.8. The van der Waals surface area contributed by atoms with Gasteiger partial charge in [0.1, 0.15) is 11.9 Å². The molecule has 0 spiro atoms. The smallest absolute Gasteiger partial charge is 0.260 e. The third kappa shape index (κ3) is 3.80. The highest BCUT2D eigenvalue weighted by Gasteiger charge is 2.23. The lowest BCUT2D eigenvalue weighted by atomic mass is 10.2. The molecule has 0 saturated carbocycles. The second kappa shape index (κ2) is 7.53. The molecule has 1 aromatic carbocycles. The lowest BCUT2D eigenvalue weighted by Crippen LogP contribution is -2.50. The maximum atomic E-state index is 12.3. The Morgan fingerprint density at radius 2 is 1.96 bits per heavy atom. The van der Waals surface area contributed by atoms with E-state index in [2.05, 4.69) is 11.1 Å². The van der Waals surface area contributed by atoms with E-state index in [1.54, 1.807) is 41.4 Å². The molecule has 3 rings (SSSR count). The molecule has 25 heavy (non-hydrogen) atoms. The number of hydrogen-bond acceptors (Lipinski definition) is 6. The van der Waals surface area contributed by atoms with Crippen molar-refractivity contribution in [1.29, 1.82) is 5.26 Å². The van der Waals surface area contributed by atoms with Gasteiger partial charge in [-0.2, -0.15) is 5.26 Å². The van der Waals surface area contributed by atoms with E-state index in [1.807, 2.05) is 4.90 Å². The summed E-state index contributed by atoms with van der Waals surface area (Å²) in [5.74, 6) is 0.827. The van der Waals surface area contributed by atoms with Crippen molar-refractivity contribution in [3.05, 3.63) is 48.2 Å². The van der Waals surface area contributed by atoms with E-state index in [-0.39, 0.29) is 18.3 Å². The Labute approximate surface area is 145 Å². The number of phenolic OH excluding ortho intramolecular Hbond substituents is 1. The van der Waals surface area contributed by atoms with Crippen LogP contribution in [0.5, 0.6) is 11.5 Å². The minimum atomic E-state index is -0.135. The summed E-state index contributed by atoms with van der Waals surface area (Å²) in [7, 11) is 0. The van der Waals surface area contributed by atoms with Gasteiger partial charge >= 0.3 is 0 Å². The molecular weight excluding hydrogens is 320 g/mol. The Hall–Kier alpha value is -3.27. The molecule has 0 radical (unpaired) electrons. The quantitative estimate of drug-likeness (QED) is 0.906. The number of hydrogen-bond donors (Lipinski definition) is 1. The summed E-state index contributed by atoms with van der Waals surface area (Å²) in [5.41, 5.74) is 0.533. The fraction of sp³-hybridized carbons (Fsp3) is 0.278. The Morgan fingerprint density at radius 1 is 1.20 bits per heavy atom. The van der Waals surface area contributed by atoms with Crippen LogP contribution in [0.15, 0.2) is 42.6 Å². The van der Waals surface area contributed by atoms with E-state index < -0.39 is 0 Å². The van der Waals surface area contributed by atoms with Gasteiger partial charge in [-0.25, -0.2) is 4.98 Å². The zero-order chi connectivity index (χ0) is 17.6. The van der Waals surface area contributed by atoms with Gasteiger partial charge in [-0.3, -0.25) is 4.79 Å². The minimum absolute atomic E-state index is 0.0132. The van der Waals surface area contributed by atoms with Crippen LogP contribution in [0.1, 0.15) is 5.56 Å². The van der Waals surface area contributed by atoms with Crippen LogP contribution in [0.3, 0.4) is 0 Å². The van der Waals surface area contributed by atoms with Gasteiger partial charge in [-0.05, 0) is 24.3 Å². The molecule has 1 fully saturated rings. The molecule has 1 aliphatic rings. The number of piperazine rings is 1. The first-order valence-electron chi connectivity index (χ1n) is 7.97. The first-order valence-corrected chi connectivity index (χ1v) is 7.97. The summed E-state index contributed by atoms with van der Waals surface area (Å²) in [6.07, 6.45) is 1.66. The van der Waals surface area contributed by atoms with Crippen LogP contribution >= 0.6 is 0 Å². The molecule has 1 N–H and O–H groups in total. The van der Waals surface area contributed by atoms with Crippen LogP contribution < -0.4 is 9.64 Å². The molecule has 7 heteroatoms. The zero-order valence-corrected chi connectivity index (χ0v) is 13.6. The molecule has 7 nitrogen and oxygen atoms in total. The monoisotopic (exact) mass is 338 g/mol. The Kier molecular flexibility index (Phi) is 5.00. The van der Waals surface area contributed by atoms with Crippen molar-refractivity contribution in [2.24, 2.45) is 0 Å². The number of rotatable bonds is 4. The highest BCUT2D eigenvalue weighted by atomic mass is 16.5. The van der Waals surface area contributed by atoms with Gasteiger partial charge in [-0.15, -0.1) is 0 Å². The van der Waals surface area contributed by atoms with Crippen molar-refractivity contribution in [1.82, 2.24) is 9.88 Å². The standard InChI is InChI=1S/C18H18N4O3/c19-12-14-4-3-7-20-18(14)22-10-8-21(9-11-22)17(24)13-25-16-6-2-1-5-15(16)23/h1-7,23H,8-11,13H2. The lowest BCUT2D eigenvalue weighted by Gasteiger charge is -2.35. The number of benzene rings is 1. The molecule has 0 atom stereocenters. The van der Waals surface area contributed by atoms with E-state index in [4.69, 9.17) is 4.74 Å². The van der Waals surface area contributed by atoms with E-state index in [0.29, 0.717) is 43.3 Å². The van der Waals surface area contributed by atoms with Crippen LogP contribution in [0.25, 0.3) is 0 Å². The number of carbonyl (C=O) groups excluding carboxylic acids is 1. The van der Waals surface area contributed by atoms with Crippen molar-refractivity contribution in [3.63, 3.8) is 0 Å². The topological polar surface area (TPSA) is 89.7 Å². The first kappa shape index (κ1) is 16.6. The van der Waals surface area contributed by atoms with Gasteiger partial charge in [0, 0.05) is 32.4 Å². The third-order valence-corrected chi connectivity index (χ3v) is 4.06. The molecule has 2 heterocycles. The number of nitriles is 1. The van der Waals surface area contributed by atoms with Crippen LogP contribution in [0.2, 0.25) is 0 Å². The summed E-state index contributed by atoms with van der Waals surface area (Å²) < 4.78 is 5.39. The number of aromatic nitrogens is 1. The molecule has 2 aromatic rings. The molecule has 1 amide bonds. The average Bonchev–Trinajstić information content (AvgIpc) is 2.67. The van der Waals surface area contributed by atoms with E-state index >= 15 is 0 Å². The summed E-state index contributed by atoms with van der Waals surface area (Å²) in [4.78, 5) is 20.3.